The molecule has 1 N–H and O–H groups in total. The molecule has 0 aliphatic rings. The van der Waals surface area contributed by atoms with Gasteiger partial charge in [0, 0.05) is 16.3 Å². The Morgan fingerprint density at radius 3 is 2.79 bits per heavy atom. The van der Waals surface area contributed by atoms with Crippen molar-refractivity contribution in [2.45, 2.75) is 19.4 Å². The molecule has 0 saturated heterocycles. The smallest absolute Gasteiger partial charge is 0.129 e. The minimum atomic E-state index is -0.181. The Balaban J connectivity index is 2.21. The summed E-state index contributed by atoms with van der Waals surface area (Å²) in [6, 6.07) is 7.15. The Morgan fingerprint density at radius 1 is 1.37 bits per heavy atom. The molecule has 2 aromatic rings. The molecular weight excluding hydrogens is 261 g/mol. The molecule has 0 bridgehead atoms. The number of ether oxygens (including phenoxy) is 1. The van der Waals surface area contributed by atoms with E-state index < -0.39 is 0 Å². The van der Waals surface area contributed by atoms with Crippen LogP contribution >= 0.6 is 11.3 Å². The van der Waals surface area contributed by atoms with Crippen LogP contribution in [0.15, 0.2) is 29.6 Å². The molecule has 0 spiro atoms. The predicted molar refractivity (Wildman–Crippen MR) is 77.5 cm³/mol. The predicted octanol–water partition coefficient (Wildman–Crippen LogP) is 3.71. The molecule has 1 atom stereocenters. The Labute approximate surface area is 117 Å². The van der Waals surface area contributed by atoms with Crippen LogP contribution in [0.3, 0.4) is 0 Å². The number of benzene rings is 1. The van der Waals surface area contributed by atoms with Crippen LogP contribution in [0.25, 0.3) is 0 Å². The maximum absolute atomic E-state index is 13.3. The van der Waals surface area contributed by atoms with Gasteiger partial charge in [-0.2, -0.15) is 0 Å². The largest absolute Gasteiger partial charge is 0.496 e. The van der Waals surface area contributed by atoms with Crippen LogP contribution in [0.1, 0.15) is 22.0 Å². The van der Waals surface area contributed by atoms with Crippen molar-refractivity contribution in [1.29, 1.82) is 0 Å². The lowest BCUT2D eigenvalue weighted by molar-refractivity contribution is 0.416. The Hall–Kier alpha value is -1.39. The van der Waals surface area contributed by atoms with Gasteiger partial charge in [-0.15, -0.1) is 11.3 Å². The van der Waals surface area contributed by atoms with Gasteiger partial charge in [0.25, 0.3) is 0 Å². The number of rotatable bonds is 5. The number of halogens is 1. The zero-order valence-corrected chi connectivity index (χ0v) is 12.2. The van der Waals surface area contributed by atoms with E-state index in [-0.39, 0.29) is 11.9 Å². The number of methoxy groups -OCH3 is 1. The van der Waals surface area contributed by atoms with Crippen molar-refractivity contribution >= 4 is 11.3 Å². The summed E-state index contributed by atoms with van der Waals surface area (Å²) < 4.78 is 18.5. The Bertz CT molecular complexity index is 553. The van der Waals surface area contributed by atoms with Gasteiger partial charge in [-0.3, -0.25) is 0 Å². The molecule has 0 amide bonds. The monoisotopic (exact) mass is 279 g/mol. The van der Waals surface area contributed by atoms with Crippen LogP contribution in [0.5, 0.6) is 5.75 Å². The van der Waals surface area contributed by atoms with E-state index in [4.69, 9.17) is 4.74 Å². The van der Waals surface area contributed by atoms with Gasteiger partial charge < -0.3 is 10.1 Å². The lowest BCUT2D eigenvalue weighted by atomic mass is 10.00. The molecule has 102 valence electrons. The maximum Gasteiger partial charge on any atom is 0.129 e. The molecule has 19 heavy (non-hydrogen) atoms. The minimum Gasteiger partial charge on any atom is -0.496 e. The van der Waals surface area contributed by atoms with Crippen molar-refractivity contribution < 1.29 is 9.13 Å². The molecule has 1 aromatic carbocycles. The zero-order valence-electron chi connectivity index (χ0n) is 11.4. The summed E-state index contributed by atoms with van der Waals surface area (Å²) in [5.74, 6) is 0.690. The average Bonchev–Trinajstić information content (AvgIpc) is 2.88. The van der Waals surface area contributed by atoms with Crippen molar-refractivity contribution in [2.24, 2.45) is 0 Å². The number of likely N-dealkylation sites (N-methyl/N-ethyl adjacent to an activating group) is 1. The molecule has 4 heteroatoms. The van der Waals surface area contributed by atoms with Crippen molar-refractivity contribution in [3.05, 3.63) is 51.5 Å². The minimum absolute atomic E-state index is 0.175. The first kappa shape index (κ1) is 14.0. The summed E-state index contributed by atoms with van der Waals surface area (Å²) >= 11 is 1.65. The van der Waals surface area contributed by atoms with E-state index in [0.717, 1.165) is 23.3 Å². The maximum atomic E-state index is 13.3. The summed E-state index contributed by atoms with van der Waals surface area (Å²) in [5, 5.41) is 5.27. The molecule has 1 heterocycles. The van der Waals surface area contributed by atoms with Gasteiger partial charge in [0.15, 0.2) is 0 Å². The topological polar surface area (TPSA) is 21.3 Å². The molecule has 1 unspecified atom stereocenters. The van der Waals surface area contributed by atoms with E-state index in [2.05, 4.69) is 5.32 Å². The average molecular weight is 279 g/mol. The second kappa shape index (κ2) is 6.17. The zero-order chi connectivity index (χ0) is 13.8. The number of hydrogen-bond acceptors (Lipinski definition) is 3. The lowest BCUT2D eigenvalue weighted by Gasteiger charge is -2.16. The molecule has 0 aliphatic carbocycles. The normalized spacial score (nSPS) is 12.4. The third kappa shape index (κ3) is 3.33. The fraction of sp³-hybridized carbons (Fsp3) is 0.333. The number of aryl methyl sites for hydroxylation is 1. The van der Waals surface area contributed by atoms with Gasteiger partial charge in [0.1, 0.15) is 11.6 Å². The highest BCUT2D eigenvalue weighted by atomic mass is 32.1. The quantitative estimate of drug-likeness (QED) is 0.901. The van der Waals surface area contributed by atoms with Crippen LogP contribution in [0.4, 0.5) is 4.39 Å². The molecular formula is C15H18FNOS. The SMILES string of the molecule is CNC(Cc1cc(F)ccc1C)c1cc(OC)cs1. The van der Waals surface area contributed by atoms with Gasteiger partial charge in [0.05, 0.1) is 7.11 Å². The summed E-state index contributed by atoms with van der Waals surface area (Å²) in [7, 11) is 3.59. The van der Waals surface area contributed by atoms with Crippen molar-refractivity contribution in [3.63, 3.8) is 0 Å². The van der Waals surface area contributed by atoms with Crippen molar-refractivity contribution in [3.8, 4) is 5.75 Å². The second-order valence-corrected chi connectivity index (χ2v) is 5.45. The fourth-order valence-corrected chi connectivity index (χ4v) is 3.02. The first-order valence-corrected chi connectivity index (χ1v) is 7.06. The van der Waals surface area contributed by atoms with Crippen LogP contribution in [-0.4, -0.2) is 14.2 Å². The summed E-state index contributed by atoms with van der Waals surface area (Å²) in [6.07, 6.45) is 0.768. The number of nitrogens with one attached hydrogen (secondary N) is 1. The molecule has 0 saturated carbocycles. The van der Waals surface area contributed by atoms with E-state index in [1.165, 1.54) is 10.9 Å². The molecule has 2 rings (SSSR count). The summed E-state index contributed by atoms with van der Waals surface area (Å²) in [6.45, 7) is 2.01. The van der Waals surface area contributed by atoms with Crippen LogP contribution in [0.2, 0.25) is 0 Å². The van der Waals surface area contributed by atoms with Gasteiger partial charge in [-0.25, -0.2) is 4.39 Å². The van der Waals surface area contributed by atoms with Crippen molar-refractivity contribution in [2.75, 3.05) is 14.2 Å². The Kier molecular flexibility index (Phi) is 4.56. The Morgan fingerprint density at radius 2 is 2.16 bits per heavy atom. The van der Waals surface area contributed by atoms with E-state index >= 15 is 0 Å². The van der Waals surface area contributed by atoms with E-state index in [1.54, 1.807) is 24.5 Å². The van der Waals surface area contributed by atoms with E-state index in [1.807, 2.05) is 31.5 Å². The van der Waals surface area contributed by atoms with Crippen LogP contribution < -0.4 is 10.1 Å². The van der Waals surface area contributed by atoms with Crippen LogP contribution in [0, 0.1) is 12.7 Å². The third-order valence-electron chi connectivity index (χ3n) is 3.26. The first-order chi connectivity index (χ1) is 9.13. The van der Waals surface area contributed by atoms with Gasteiger partial charge in [0.2, 0.25) is 0 Å². The summed E-state index contributed by atoms with van der Waals surface area (Å²) in [4.78, 5) is 1.20. The molecule has 0 radical (unpaired) electrons. The molecule has 2 nitrogen and oxygen atoms in total. The number of thiophene rings is 1. The highest BCUT2D eigenvalue weighted by Gasteiger charge is 2.14. The molecule has 1 aromatic heterocycles. The third-order valence-corrected chi connectivity index (χ3v) is 4.28. The highest BCUT2D eigenvalue weighted by molar-refractivity contribution is 7.10. The summed E-state index contributed by atoms with van der Waals surface area (Å²) in [5.41, 5.74) is 2.15. The molecule has 0 aliphatic heterocycles. The molecule has 0 fully saturated rings. The van der Waals surface area contributed by atoms with Gasteiger partial charge in [-0.1, -0.05) is 6.07 Å². The second-order valence-electron chi connectivity index (χ2n) is 4.51. The fourth-order valence-electron chi connectivity index (χ4n) is 2.05. The highest BCUT2D eigenvalue weighted by Crippen LogP contribution is 2.29. The van der Waals surface area contributed by atoms with Gasteiger partial charge >= 0.3 is 0 Å². The van der Waals surface area contributed by atoms with E-state index in [0.29, 0.717) is 0 Å². The van der Waals surface area contributed by atoms with Crippen molar-refractivity contribution in [1.82, 2.24) is 5.32 Å². The first-order valence-electron chi connectivity index (χ1n) is 6.18. The van der Waals surface area contributed by atoms with Crippen LogP contribution in [-0.2, 0) is 6.42 Å². The van der Waals surface area contributed by atoms with E-state index in [9.17, 15) is 4.39 Å². The van der Waals surface area contributed by atoms with Gasteiger partial charge in [-0.05, 0) is 49.7 Å². The lowest BCUT2D eigenvalue weighted by Crippen LogP contribution is -2.18. The number of hydrogen-bond donors (Lipinski definition) is 1. The standard InChI is InChI=1S/C15H18FNOS/c1-10-4-5-12(16)6-11(10)7-14(17-2)15-8-13(18-3)9-19-15/h4-6,8-9,14,17H,7H2,1-3H3.